The van der Waals surface area contributed by atoms with E-state index >= 15 is 0 Å². The maximum absolute atomic E-state index is 13.1. The highest BCUT2D eigenvalue weighted by atomic mass is 79.9. The minimum Gasteiger partial charge on any atom is -0.392 e. The van der Waals surface area contributed by atoms with Crippen molar-refractivity contribution in [3.05, 3.63) is 33.5 Å². The lowest BCUT2D eigenvalue weighted by Crippen LogP contribution is -2.08. The van der Waals surface area contributed by atoms with Crippen molar-refractivity contribution >= 4 is 15.9 Å². The second-order valence-corrected chi connectivity index (χ2v) is 3.35. The Morgan fingerprint density at radius 3 is 2.29 bits per heavy atom. The topological polar surface area (TPSA) is 20.2 Å². The van der Waals surface area contributed by atoms with E-state index in [2.05, 4.69) is 15.9 Å². The van der Waals surface area contributed by atoms with Crippen LogP contribution in [-0.4, -0.2) is 5.11 Å². The summed E-state index contributed by atoms with van der Waals surface area (Å²) in [5, 5.41) is 8.59. The molecule has 78 valence electrons. The zero-order valence-electron chi connectivity index (χ0n) is 6.70. The monoisotopic (exact) mass is 272 g/mol. The predicted octanol–water partition coefficient (Wildman–Crippen LogP) is 3.10. The summed E-state index contributed by atoms with van der Waals surface area (Å²) >= 11 is 2.50. The number of hydrogen-bond donors (Lipinski definition) is 1. The average Bonchev–Trinajstić information content (AvgIpc) is 2.07. The van der Waals surface area contributed by atoms with Gasteiger partial charge in [-0.05, 0) is 22.0 Å². The Hall–Kier alpha value is -0.620. The molecule has 1 nitrogen and oxygen atoms in total. The van der Waals surface area contributed by atoms with E-state index in [1.807, 2.05) is 0 Å². The largest absolute Gasteiger partial charge is 0.417 e. The standard InChI is InChI=1S/C8H5BrF4O/c9-6-5(8(11,12)13)2-1-4(3-14)7(6)10/h1-2,14H,3H2. The molecule has 0 aliphatic rings. The van der Waals surface area contributed by atoms with Crippen LogP contribution >= 0.6 is 15.9 Å². The van der Waals surface area contributed by atoms with Gasteiger partial charge >= 0.3 is 6.18 Å². The van der Waals surface area contributed by atoms with Crippen LogP contribution in [0.25, 0.3) is 0 Å². The van der Waals surface area contributed by atoms with E-state index < -0.39 is 28.6 Å². The molecule has 0 aliphatic heterocycles. The summed E-state index contributed by atoms with van der Waals surface area (Å²) in [5.41, 5.74) is -1.27. The summed E-state index contributed by atoms with van der Waals surface area (Å²) < 4.78 is 49.0. The smallest absolute Gasteiger partial charge is 0.392 e. The van der Waals surface area contributed by atoms with Crippen molar-refractivity contribution in [1.82, 2.24) is 0 Å². The minimum absolute atomic E-state index is 0.176. The second-order valence-electron chi connectivity index (χ2n) is 2.56. The van der Waals surface area contributed by atoms with Gasteiger partial charge in [0.1, 0.15) is 5.82 Å². The molecule has 1 aromatic rings. The van der Waals surface area contributed by atoms with Gasteiger partial charge in [-0.2, -0.15) is 13.2 Å². The lowest BCUT2D eigenvalue weighted by Gasteiger charge is -2.10. The van der Waals surface area contributed by atoms with Crippen LogP contribution in [-0.2, 0) is 12.8 Å². The van der Waals surface area contributed by atoms with E-state index in [9.17, 15) is 17.6 Å². The van der Waals surface area contributed by atoms with Crippen LogP contribution in [0.3, 0.4) is 0 Å². The highest BCUT2D eigenvalue weighted by Crippen LogP contribution is 2.36. The number of aliphatic hydroxyl groups excluding tert-OH is 1. The van der Waals surface area contributed by atoms with E-state index in [0.29, 0.717) is 0 Å². The zero-order valence-corrected chi connectivity index (χ0v) is 8.28. The molecule has 1 rings (SSSR count). The van der Waals surface area contributed by atoms with Gasteiger partial charge in [-0.25, -0.2) is 4.39 Å². The van der Waals surface area contributed by atoms with Crippen molar-refractivity contribution in [2.24, 2.45) is 0 Å². The Morgan fingerprint density at radius 1 is 1.29 bits per heavy atom. The van der Waals surface area contributed by atoms with E-state index in [1.54, 1.807) is 0 Å². The summed E-state index contributed by atoms with van der Waals surface area (Å²) in [5.74, 6) is -1.08. The van der Waals surface area contributed by atoms with Gasteiger partial charge in [0.25, 0.3) is 0 Å². The normalized spacial score (nSPS) is 11.9. The molecular weight excluding hydrogens is 268 g/mol. The third-order valence-corrected chi connectivity index (χ3v) is 2.41. The third kappa shape index (κ3) is 2.06. The fraction of sp³-hybridized carbons (Fsp3) is 0.250. The van der Waals surface area contributed by atoms with E-state index in [0.717, 1.165) is 12.1 Å². The lowest BCUT2D eigenvalue weighted by atomic mass is 10.1. The summed E-state index contributed by atoms with van der Waals surface area (Å²) in [6.07, 6.45) is -4.60. The molecule has 0 fully saturated rings. The molecule has 1 aromatic carbocycles. The first-order valence-electron chi connectivity index (χ1n) is 3.53. The SMILES string of the molecule is OCc1ccc(C(F)(F)F)c(Br)c1F. The van der Waals surface area contributed by atoms with Crippen molar-refractivity contribution < 1.29 is 22.7 Å². The van der Waals surface area contributed by atoms with Crippen molar-refractivity contribution in [3.63, 3.8) is 0 Å². The summed E-state index contributed by atoms with van der Waals surface area (Å²) in [6, 6.07) is 1.63. The van der Waals surface area contributed by atoms with Gasteiger partial charge in [-0.1, -0.05) is 6.07 Å². The molecule has 14 heavy (non-hydrogen) atoms. The number of rotatable bonds is 1. The summed E-state index contributed by atoms with van der Waals surface area (Å²) in [6.45, 7) is -0.636. The lowest BCUT2D eigenvalue weighted by molar-refractivity contribution is -0.138. The van der Waals surface area contributed by atoms with Gasteiger partial charge in [-0.15, -0.1) is 0 Å². The minimum atomic E-state index is -4.60. The van der Waals surface area contributed by atoms with Gasteiger partial charge in [0, 0.05) is 5.56 Å². The number of halogens is 5. The molecule has 0 bridgehead atoms. The van der Waals surface area contributed by atoms with Crippen molar-refractivity contribution in [1.29, 1.82) is 0 Å². The molecular formula is C8H5BrF4O. The summed E-state index contributed by atoms with van der Waals surface area (Å²) in [7, 11) is 0. The maximum Gasteiger partial charge on any atom is 0.417 e. The van der Waals surface area contributed by atoms with Gasteiger partial charge in [0.2, 0.25) is 0 Å². The number of benzene rings is 1. The van der Waals surface area contributed by atoms with Gasteiger partial charge < -0.3 is 5.11 Å². The zero-order chi connectivity index (χ0) is 10.9. The Balaban J connectivity index is 3.31. The van der Waals surface area contributed by atoms with Gasteiger partial charge in [0.15, 0.2) is 0 Å². The molecule has 0 atom stereocenters. The van der Waals surface area contributed by atoms with Crippen LogP contribution in [0.5, 0.6) is 0 Å². The molecule has 0 aliphatic carbocycles. The molecule has 0 heterocycles. The average molecular weight is 273 g/mol. The van der Waals surface area contributed by atoms with Crippen LogP contribution < -0.4 is 0 Å². The maximum atomic E-state index is 13.1. The van der Waals surface area contributed by atoms with E-state index in [-0.39, 0.29) is 5.56 Å². The first kappa shape index (κ1) is 11.5. The highest BCUT2D eigenvalue weighted by molar-refractivity contribution is 9.10. The van der Waals surface area contributed by atoms with Crippen LogP contribution in [0.15, 0.2) is 16.6 Å². The van der Waals surface area contributed by atoms with Crippen LogP contribution in [0.1, 0.15) is 11.1 Å². The second kappa shape index (κ2) is 3.86. The Kier molecular flexibility index (Phi) is 3.16. The molecule has 0 radical (unpaired) electrons. The Morgan fingerprint density at radius 2 is 1.86 bits per heavy atom. The van der Waals surface area contributed by atoms with Crippen LogP contribution in [0.2, 0.25) is 0 Å². The predicted molar refractivity (Wildman–Crippen MR) is 45.0 cm³/mol. The number of aliphatic hydroxyl groups is 1. The molecule has 0 unspecified atom stereocenters. The van der Waals surface area contributed by atoms with E-state index in [4.69, 9.17) is 5.11 Å². The van der Waals surface area contributed by atoms with E-state index in [1.165, 1.54) is 0 Å². The fourth-order valence-corrected chi connectivity index (χ4v) is 1.54. The van der Waals surface area contributed by atoms with Gasteiger partial charge in [0.05, 0.1) is 16.6 Å². The molecule has 1 N–H and O–H groups in total. The van der Waals surface area contributed by atoms with Crippen molar-refractivity contribution in [2.45, 2.75) is 12.8 Å². The highest BCUT2D eigenvalue weighted by Gasteiger charge is 2.34. The fourth-order valence-electron chi connectivity index (χ4n) is 0.930. The molecule has 0 aromatic heterocycles. The molecule has 6 heteroatoms. The molecule has 0 saturated heterocycles. The Labute approximate surface area is 85.5 Å². The van der Waals surface area contributed by atoms with Crippen molar-refractivity contribution in [2.75, 3.05) is 0 Å². The quantitative estimate of drug-likeness (QED) is 0.779. The molecule has 0 amide bonds. The number of hydrogen-bond acceptors (Lipinski definition) is 1. The van der Waals surface area contributed by atoms with Gasteiger partial charge in [-0.3, -0.25) is 0 Å². The molecule has 0 spiro atoms. The Bertz CT molecular complexity index is 348. The number of alkyl halides is 3. The van der Waals surface area contributed by atoms with Crippen LogP contribution in [0.4, 0.5) is 17.6 Å². The first-order chi connectivity index (χ1) is 6.38. The third-order valence-electron chi connectivity index (χ3n) is 1.64. The van der Waals surface area contributed by atoms with Crippen LogP contribution in [0, 0.1) is 5.82 Å². The molecule has 0 saturated carbocycles. The van der Waals surface area contributed by atoms with Crippen molar-refractivity contribution in [3.8, 4) is 0 Å². The summed E-state index contributed by atoms with van der Waals surface area (Å²) in [4.78, 5) is 0. The first-order valence-corrected chi connectivity index (χ1v) is 4.32.